The van der Waals surface area contributed by atoms with Crippen molar-refractivity contribution in [1.29, 1.82) is 0 Å². The average molecular weight is 534 g/mol. The Morgan fingerprint density at radius 3 is 2.21 bits per heavy atom. The van der Waals surface area contributed by atoms with Gasteiger partial charge in [-0.2, -0.15) is 0 Å². The Labute approximate surface area is 195 Å². The van der Waals surface area contributed by atoms with Crippen LogP contribution in [0.4, 0.5) is 0 Å². The zero-order valence-corrected chi connectivity index (χ0v) is 20.3. The first-order valence-corrected chi connectivity index (χ1v) is 9.55. The molecular weight excluding hydrogens is 505 g/mol. The predicted octanol–water partition coefficient (Wildman–Crippen LogP) is 4.28. The molecule has 0 aromatic heterocycles. The molecule has 2 N–H and O–H groups in total. The Kier molecular flexibility index (Phi) is 11.6. The summed E-state index contributed by atoms with van der Waals surface area (Å²) in [6.45, 7) is 3.95. The average Bonchev–Trinajstić information content (AvgIpc) is 2.72. The van der Waals surface area contributed by atoms with Crippen molar-refractivity contribution in [2.45, 2.75) is 19.9 Å². The molecule has 2 aromatic rings. The molecular formula is C21H29ClIN3O3. The molecule has 29 heavy (non-hydrogen) atoms. The summed E-state index contributed by atoms with van der Waals surface area (Å²) in [7, 11) is 4.83. The molecule has 0 bridgehead atoms. The summed E-state index contributed by atoms with van der Waals surface area (Å²) in [5.74, 6) is 2.70. The van der Waals surface area contributed by atoms with Crippen molar-refractivity contribution in [3.05, 3.63) is 52.5 Å². The number of hydrogen-bond acceptors (Lipinski definition) is 4. The van der Waals surface area contributed by atoms with Crippen LogP contribution in [0.2, 0.25) is 5.02 Å². The Hall–Kier alpha value is -1.87. The van der Waals surface area contributed by atoms with Gasteiger partial charge >= 0.3 is 0 Å². The summed E-state index contributed by atoms with van der Waals surface area (Å²) in [5, 5.41) is 7.37. The first-order chi connectivity index (χ1) is 13.6. The summed E-state index contributed by atoms with van der Waals surface area (Å²) >= 11 is 6.22. The number of halogens is 2. The van der Waals surface area contributed by atoms with Gasteiger partial charge in [0, 0.05) is 29.7 Å². The van der Waals surface area contributed by atoms with Crippen LogP contribution in [-0.2, 0) is 13.0 Å². The van der Waals surface area contributed by atoms with Crippen LogP contribution in [0.25, 0.3) is 0 Å². The maximum absolute atomic E-state index is 6.22. The SMILES string of the molecule is CCNC(=NCc1cc(OC)c(OC)cc1OC)NCCc1ccccc1Cl.I. The van der Waals surface area contributed by atoms with E-state index in [1.807, 2.05) is 37.3 Å². The van der Waals surface area contributed by atoms with Gasteiger partial charge < -0.3 is 24.8 Å². The van der Waals surface area contributed by atoms with E-state index in [9.17, 15) is 0 Å². The van der Waals surface area contributed by atoms with Crippen LogP contribution in [0, 0.1) is 0 Å². The fraction of sp³-hybridized carbons (Fsp3) is 0.381. The molecule has 8 heteroatoms. The Balaban J connectivity index is 0.00000420. The number of nitrogens with zero attached hydrogens (tertiary/aromatic N) is 1. The molecule has 2 rings (SSSR count). The number of methoxy groups -OCH3 is 3. The van der Waals surface area contributed by atoms with E-state index in [4.69, 9.17) is 25.8 Å². The molecule has 2 aromatic carbocycles. The van der Waals surface area contributed by atoms with Gasteiger partial charge in [-0.1, -0.05) is 29.8 Å². The lowest BCUT2D eigenvalue weighted by Crippen LogP contribution is -2.38. The normalized spacial score (nSPS) is 10.7. The van der Waals surface area contributed by atoms with Crippen molar-refractivity contribution in [2.24, 2.45) is 4.99 Å². The summed E-state index contributed by atoms with van der Waals surface area (Å²) < 4.78 is 16.2. The van der Waals surface area contributed by atoms with E-state index in [1.165, 1.54) is 0 Å². The van der Waals surface area contributed by atoms with E-state index < -0.39 is 0 Å². The first kappa shape index (κ1) is 25.2. The number of hydrogen-bond donors (Lipinski definition) is 2. The summed E-state index contributed by atoms with van der Waals surface area (Å²) in [5.41, 5.74) is 2.01. The lowest BCUT2D eigenvalue weighted by molar-refractivity contribution is 0.347. The number of rotatable bonds is 9. The van der Waals surface area contributed by atoms with E-state index in [2.05, 4.69) is 15.6 Å². The maximum atomic E-state index is 6.22. The smallest absolute Gasteiger partial charge is 0.191 e. The molecule has 0 radical (unpaired) electrons. The van der Waals surface area contributed by atoms with Crippen LogP contribution in [0.5, 0.6) is 17.2 Å². The van der Waals surface area contributed by atoms with E-state index in [-0.39, 0.29) is 24.0 Å². The fourth-order valence-electron chi connectivity index (χ4n) is 2.74. The van der Waals surface area contributed by atoms with Crippen molar-refractivity contribution >= 4 is 41.5 Å². The number of aliphatic imine (C=N–C) groups is 1. The van der Waals surface area contributed by atoms with Crippen LogP contribution in [0.15, 0.2) is 41.4 Å². The molecule has 6 nitrogen and oxygen atoms in total. The monoisotopic (exact) mass is 533 g/mol. The predicted molar refractivity (Wildman–Crippen MR) is 129 cm³/mol. The Bertz CT molecular complexity index is 803. The second kappa shape index (κ2) is 13.4. The van der Waals surface area contributed by atoms with Crippen LogP contribution < -0.4 is 24.8 Å². The van der Waals surface area contributed by atoms with Crippen molar-refractivity contribution < 1.29 is 14.2 Å². The first-order valence-electron chi connectivity index (χ1n) is 9.17. The lowest BCUT2D eigenvalue weighted by atomic mass is 10.1. The van der Waals surface area contributed by atoms with Crippen LogP contribution in [0.3, 0.4) is 0 Å². The molecule has 0 aliphatic rings. The van der Waals surface area contributed by atoms with Crippen molar-refractivity contribution in [3.63, 3.8) is 0 Å². The third-order valence-corrected chi connectivity index (χ3v) is 4.55. The molecule has 0 unspecified atom stereocenters. The Morgan fingerprint density at radius 2 is 1.59 bits per heavy atom. The molecule has 0 fully saturated rings. The van der Waals surface area contributed by atoms with Gasteiger partial charge in [0.25, 0.3) is 0 Å². The lowest BCUT2D eigenvalue weighted by Gasteiger charge is -2.15. The molecule has 160 valence electrons. The molecule has 0 saturated carbocycles. The van der Waals surface area contributed by atoms with Crippen molar-refractivity contribution in [3.8, 4) is 17.2 Å². The second-order valence-corrected chi connectivity index (χ2v) is 6.39. The van der Waals surface area contributed by atoms with Crippen LogP contribution >= 0.6 is 35.6 Å². The van der Waals surface area contributed by atoms with Gasteiger partial charge in [-0.25, -0.2) is 4.99 Å². The topological polar surface area (TPSA) is 64.1 Å². The molecule has 0 atom stereocenters. The number of ether oxygens (including phenoxy) is 3. The number of nitrogens with one attached hydrogen (secondary N) is 2. The highest BCUT2D eigenvalue weighted by Crippen LogP contribution is 2.34. The van der Waals surface area contributed by atoms with Gasteiger partial charge in [-0.05, 0) is 31.0 Å². The summed E-state index contributed by atoms with van der Waals surface area (Å²) in [6, 6.07) is 11.5. The van der Waals surface area contributed by atoms with E-state index in [0.717, 1.165) is 41.6 Å². The standard InChI is InChI=1S/C21H28ClN3O3.HI/c1-5-23-21(24-11-10-15-8-6-7-9-17(15)22)25-14-16-12-19(27-3)20(28-4)13-18(16)26-2;/h6-9,12-13H,5,10-11,14H2,1-4H3,(H2,23,24,25);1H. The zero-order chi connectivity index (χ0) is 20.4. The minimum Gasteiger partial charge on any atom is -0.496 e. The van der Waals surface area contributed by atoms with Gasteiger partial charge in [0.1, 0.15) is 5.75 Å². The fourth-order valence-corrected chi connectivity index (χ4v) is 2.97. The maximum Gasteiger partial charge on any atom is 0.191 e. The Morgan fingerprint density at radius 1 is 0.931 bits per heavy atom. The van der Waals surface area contributed by atoms with E-state index in [1.54, 1.807) is 27.4 Å². The van der Waals surface area contributed by atoms with Gasteiger partial charge in [-0.3, -0.25) is 0 Å². The van der Waals surface area contributed by atoms with Gasteiger partial charge in [0.2, 0.25) is 0 Å². The highest BCUT2D eigenvalue weighted by molar-refractivity contribution is 14.0. The molecule has 0 saturated heterocycles. The summed E-state index contributed by atoms with van der Waals surface area (Å²) in [4.78, 5) is 4.66. The quantitative estimate of drug-likeness (QED) is 0.286. The van der Waals surface area contributed by atoms with Gasteiger partial charge in [-0.15, -0.1) is 24.0 Å². The third kappa shape index (κ3) is 7.47. The highest BCUT2D eigenvalue weighted by Gasteiger charge is 2.12. The second-order valence-electron chi connectivity index (χ2n) is 5.98. The number of guanidine groups is 1. The largest absolute Gasteiger partial charge is 0.496 e. The van der Waals surface area contributed by atoms with Crippen LogP contribution in [-0.4, -0.2) is 40.4 Å². The molecule has 0 heterocycles. The highest BCUT2D eigenvalue weighted by atomic mass is 127. The minimum absolute atomic E-state index is 0. The van der Waals surface area contributed by atoms with Gasteiger partial charge in [0.15, 0.2) is 17.5 Å². The molecule has 0 amide bonds. The van der Waals surface area contributed by atoms with Gasteiger partial charge in [0.05, 0.1) is 27.9 Å². The molecule has 0 spiro atoms. The summed E-state index contributed by atoms with van der Waals surface area (Å²) in [6.07, 6.45) is 0.809. The van der Waals surface area contributed by atoms with E-state index in [0.29, 0.717) is 23.8 Å². The van der Waals surface area contributed by atoms with E-state index >= 15 is 0 Å². The van der Waals surface area contributed by atoms with Crippen molar-refractivity contribution in [1.82, 2.24) is 10.6 Å². The van der Waals surface area contributed by atoms with Crippen molar-refractivity contribution in [2.75, 3.05) is 34.4 Å². The van der Waals surface area contributed by atoms with Crippen LogP contribution in [0.1, 0.15) is 18.1 Å². The third-order valence-electron chi connectivity index (χ3n) is 4.18. The number of benzene rings is 2. The molecule has 0 aliphatic heterocycles. The molecule has 0 aliphatic carbocycles. The zero-order valence-electron chi connectivity index (χ0n) is 17.3. The minimum atomic E-state index is 0.